The predicted octanol–water partition coefficient (Wildman–Crippen LogP) is 14.6. The van der Waals surface area contributed by atoms with E-state index in [1.165, 1.54) is 18.9 Å². The van der Waals surface area contributed by atoms with Crippen LogP contribution in [-0.2, 0) is 52.2 Å². The van der Waals surface area contributed by atoms with Crippen molar-refractivity contribution < 1.29 is 272 Å². The van der Waals surface area contributed by atoms with Gasteiger partial charge in [0.2, 0.25) is 0 Å². The lowest BCUT2D eigenvalue weighted by Gasteiger charge is -2.51. The van der Waals surface area contributed by atoms with Gasteiger partial charge in [0.15, 0.2) is 0 Å². The van der Waals surface area contributed by atoms with Crippen LogP contribution < -0.4 is 0 Å². The highest BCUT2D eigenvalue weighted by atomic mass is 19.5. The van der Waals surface area contributed by atoms with Crippen LogP contribution in [0.5, 0.6) is 0 Å². The Kier molecular flexibility index (Phi) is 18.5. The van der Waals surface area contributed by atoms with Crippen molar-refractivity contribution in [2.45, 2.75) is 157 Å². The summed E-state index contributed by atoms with van der Waals surface area (Å²) in [5.41, 5.74) is 0. The predicted molar refractivity (Wildman–Crippen MR) is 142 cm³/mol. The lowest BCUT2D eigenvalue weighted by atomic mass is 10.0. The van der Waals surface area contributed by atoms with Crippen LogP contribution in [0.25, 0.3) is 0 Å². The molecule has 0 spiro atoms. The monoisotopic (exact) mass is 1450 g/mol. The average molecular weight is 1450 g/mol. The summed E-state index contributed by atoms with van der Waals surface area (Å²) in [6.07, 6.45) is -128. The number of halogens is 50. The SMILES string of the molecule is O=C(C(F)(OC(F)(OC(F)(F)C(F)(OC1(F)OC(F)(C(F)(F)F)C(F)(F)OC1(F)C(F)(F)F)C(F)(F)F)C(F)(F)F)C(F)(F)F)C(F)(OC(F)(OC(F)(F)C(F)(OC1(F)OC(F)(C(F)(F)F)C(F)(F)OC1(F)C(F)(F)F)C(F)(F)F)C(F)(F)F)C(F)(F)F. The molecule has 2 saturated heterocycles. The number of Topliss-reactive ketones (excluding diaryl/α,β-unsaturated/α-hetero) is 1. The number of carbonyl (C=O) groups is 1. The van der Waals surface area contributed by atoms with Crippen molar-refractivity contribution in [3.8, 4) is 0 Å². The highest BCUT2D eigenvalue weighted by Crippen LogP contribution is 2.68. The van der Waals surface area contributed by atoms with Gasteiger partial charge in [-0.15, -0.1) is 0 Å². The van der Waals surface area contributed by atoms with Gasteiger partial charge in [-0.3, -0.25) is 42.7 Å². The van der Waals surface area contributed by atoms with E-state index in [0.29, 0.717) is 9.47 Å². The molecular formula is C27F50O11. The summed E-state index contributed by atoms with van der Waals surface area (Å²) in [4.78, 5) is 12.2. The van der Waals surface area contributed by atoms with Crippen molar-refractivity contribution in [1.29, 1.82) is 0 Å². The first-order valence-corrected chi connectivity index (χ1v) is 18.2. The number of alkyl halides is 50. The number of hydrogen-bond donors (Lipinski definition) is 0. The fourth-order valence-corrected chi connectivity index (χ4v) is 4.99. The molecule has 2 aliphatic heterocycles. The maximum Gasteiger partial charge on any atom is 0.478 e. The lowest BCUT2D eigenvalue weighted by Crippen LogP contribution is -2.79. The lowest BCUT2D eigenvalue weighted by molar-refractivity contribution is -0.661. The number of rotatable bonds is 16. The Morgan fingerprint density at radius 1 is 0.261 bits per heavy atom. The van der Waals surface area contributed by atoms with Crippen LogP contribution in [0.1, 0.15) is 0 Å². The molecule has 0 aromatic carbocycles. The first kappa shape index (κ1) is 79.9. The van der Waals surface area contributed by atoms with Crippen molar-refractivity contribution in [2.75, 3.05) is 0 Å². The molecule has 2 aliphatic rings. The number of ether oxygens (including phenoxy) is 10. The molecular weight excluding hydrogens is 1450 g/mol. The van der Waals surface area contributed by atoms with Crippen molar-refractivity contribution in [1.82, 2.24) is 0 Å². The Bertz CT molecular complexity index is 2390. The van der Waals surface area contributed by atoms with Crippen molar-refractivity contribution >= 4 is 5.78 Å². The Morgan fingerprint density at radius 2 is 0.466 bits per heavy atom. The second-order valence-corrected chi connectivity index (χ2v) is 15.3. The molecule has 0 amide bonds. The molecule has 0 aromatic rings. The largest absolute Gasteiger partial charge is 0.478 e. The molecule has 12 unspecified atom stereocenters. The van der Waals surface area contributed by atoms with E-state index in [1.54, 1.807) is 0 Å². The summed E-state index contributed by atoms with van der Waals surface area (Å²) < 4.78 is 711. The van der Waals surface area contributed by atoms with Crippen LogP contribution in [0.4, 0.5) is 220 Å². The van der Waals surface area contributed by atoms with Gasteiger partial charge in [-0.25, -0.2) is 9.47 Å². The third-order valence-electron chi connectivity index (χ3n) is 9.13. The molecule has 0 saturated carbocycles. The van der Waals surface area contributed by atoms with Crippen molar-refractivity contribution in [3.05, 3.63) is 0 Å². The van der Waals surface area contributed by atoms with E-state index >= 15 is 35.1 Å². The zero-order valence-electron chi connectivity index (χ0n) is 36.9. The maximum atomic E-state index is 15.4. The molecule has 12 atom stereocenters. The van der Waals surface area contributed by atoms with E-state index in [4.69, 9.17) is 0 Å². The summed E-state index contributed by atoms with van der Waals surface area (Å²) in [5.74, 6) is -81.3. The number of ketones is 1. The number of hydrogen-bond acceptors (Lipinski definition) is 11. The van der Waals surface area contributed by atoms with Gasteiger partial charge in [0.25, 0.3) is 5.78 Å². The molecule has 0 N–H and O–H groups in total. The Labute approximate surface area is 436 Å². The highest BCUT2D eigenvalue weighted by Gasteiger charge is 2.97. The topological polar surface area (TPSA) is 109 Å². The van der Waals surface area contributed by atoms with E-state index in [0.717, 1.165) is 18.9 Å². The van der Waals surface area contributed by atoms with Crippen LogP contribution in [0.3, 0.4) is 0 Å². The molecule has 0 radical (unpaired) electrons. The van der Waals surface area contributed by atoms with Crippen molar-refractivity contribution in [2.24, 2.45) is 0 Å². The van der Waals surface area contributed by atoms with Gasteiger partial charge in [-0.05, 0) is 0 Å². The Balaban J connectivity index is 3.15. The third-order valence-corrected chi connectivity index (χ3v) is 9.13. The van der Waals surface area contributed by atoms with Gasteiger partial charge in [0.05, 0.1) is 0 Å². The van der Waals surface area contributed by atoms with E-state index in [2.05, 4.69) is 0 Å². The van der Waals surface area contributed by atoms with Gasteiger partial charge in [0, 0.05) is 0 Å². The summed E-state index contributed by atoms with van der Waals surface area (Å²) in [6, 6.07) is -37.7. The van der Waals surface area contributed by atoms with E-state index in [9.17, 15) is 189 Å². The zero-order valence-corrected chi connectivity index (χ0v) is 36.9. The molecule has 524 valence electrons. The average Bonchev–Trinajstić information content (AvgIpc) is 3.19. The van der Waals surface area contributed by atoms with E-state index in [-0.39, 0.29) is 0 Å². The molecule has 2 fully saturated rings. The molecule has 61 heteroatoms. The summed E-state index contributed by atoms with van der Waals surface area (Å²) >= 11 is 0. The fraction of sp³-hybridized carbons (Fsp3) is 0.963. The fourth-order valence-electron chi connectivity index (χ4n) is 4.99. The molecule has 0 aliphatic carbocycles. The molecule has 88 heavy (non-hydrogen) atoms. The summed E-state index contributed by atoms with van der Waals surface area (Å²) in [5, 5.41) is 0. The molecule has 2 heterocycles. The van der Waals surface area contributed by atoms with Crippen LogP contribution in [0, 0.1) is 0 Å². The first-order valence-electron chi connectivity index (χ1n) is 18.2. The smallest absolute Gasteiger partial charge is 0.286 e. The second-order valence-electron chi connectivity index (χ2n) is 15.3. The van der Waals surface area contributed by atoms with Crippen molar-refractivity contribution in [3.63, 3.8) is 0 Å². The van der Waals surface area contributed by atoms with Gasteiger partial charge < -0.3 is 0 Å². The minimum atomic E-state index is -9.93. The van der Waals surface area contributed by atoms with Crippen LogP contribution in [0.15, 0.2) is 0 Å². The summed E-state index contributed by atoms with van der Waals surface area (Å²) in [7, 11) is 0. The van der Waals surface area contributed by atoms with Gasteiger partial charge >= 0.3 is 157 Å². The Morgan fingerprint density at radius 3 is 0.625 bits per heavy atom. The quantitative estimate of drug-likeness (QED) is 0.109. The summed E-state index contributed by atoms with van der Waals surface area (Å²) in [6.45, 7) is 0. The molecule has 2 rings (SSSR count). The van der Waals surface area contributed by atoms with E-state index < -0.39 is 163 Å². The molecule has 11 nitrogen and oxygen atoms in total. The highest BCUT2D eigenvalue weighted by molar-refractivity contribution is 5.94. The minimum Gasteiger partial charge on any atom is -0.286 e. The van der Waals surface area contributed by atoms with Gasteiger partial charge in [-0.1, -0.05) is 0 Å². The Hall–Kier alpha value is -4.23. The molecule has 0 aromatic heterocycles. The minimum absolute atomic E-state index is 0.712. The third kappa shape index (κ3) is 11.9. The van der Waals surface area contributed by atoms with Gasteiger partial charge in [0.1, 0.15) is 0 Å². The maximum absolute atomic E-state index is 15.4. The molecule has 0 bridgehead atoms. The van der Waals surface area contributed by atoms with Gasteiger partial charge in [-0.2, -0.15) is 220 Å². The first-order chi connectivity index (χ1) is 37.2. The number of carbonyl (C=O) groups excluding carboxylic acids is 1. The zero-order chi connectivity index (χ0) is 71.6. The standard InChI is InChI=1S/C27F50O11/c28-2(10(36,37)38,79-26(76,18(60,61)62)87-22(70,71)6(32,14(48,49)50)85-24(74)8(34,16(54,55)56)81-20(66,67)4(30,83-24)12(42,43)44)1(78)3(29,11(39,40)41)80-27(77,19(63,64)65)88-23(72,73)7(33,15(51,52)53)86-25(75)9(35,17(57,58)59)82-21(68,69)5(31,84-25)13(45,46)47. The van der Waals surface area contributed by atoms with Crippen LogP contribution in [0.2, 0.25) is 0 Å². The van der Waals surface area contributed by atoms with Crippen LogP contribution in [-0.4, -0.2) is 163 Å². The van der Waals surface area contributed by atoms with Crippen LogP contribution >= 0.6 is 0 Å². The normalized spacial score (nSPS) is 32.2. The van der Waals surface area contributed by atoms with E-state index in [1.807, 2.05) is 0 Å². The second kappa shape index (κ2) is 20.4.